The minimum Gasteiger partial charge on any atom is -0.0888 e. The molecule has 1 saturated carbocycles. The van der Waals surface area contributed by atoms with Crippen LogP contribution in [0.25, 0.3) is 0 Å². The molecule has 0 radical (unpaired) electrons. The van der Waals surface area contributed by atoms with Crippen LogP contribution in [0.1, 0.15) is 59.3 Å². The predicted octanol–water partition coefficient (Wildman–Crippen LogP) is 5.01. The van der Waals surface area contributed by atoms with Crippen LogP contribution in [-0.2, 0) is 0 Å². The molecule has 0 aliphatic heterocycles. The summed E-state index contributed by atoms with van der Waals surface area (Å²) in [6.45, 7) is 7.02. The van der Waals surface area contributed by atoms with Crippen LogP contribution in [0.5, 0.6) is 0 Å². The molecule has 1 unspecified atom stereocenters. The third-order valence-corrected chi connectivity index (χ3v) is 5.22. The van der Waals surface area contributed by atoms with Gasteiger partial charge < -0.3 is 0 Å². The Morgan fingerprint density at radius 2 is 1.71 bits per heavy atom. The fraction of sp³-hybridized carbons (Fsp3) is 1.00. The van der Waals surface area contributed by atoms with E-state index >= 15 is 0 Å². The number of alkyl halides is 1. The first-order valence-electron chi connectivity index (χ1n) is 6.23. The molecule has 0 aromatic rings. The summed E-state index contributed by atoms with van der Waals surface area (Å²) in [4.78, 5) is 0.738. The van der Waals surface area contributed by atoms with Gasteiger partial charge in [0.25, 0.3) is 0 Å². The molecule has 1 rings (SSSR count). The standard InChI is InChI=1S/C13H25Br/c1-10(2)13(14)9-8-12-6-4-11(3)5-7-12/h10-13H,4-9H2,1-3H3. The Bertz CT molecular complexity index is 145. The Morgan fingerprint density at radius 3 is 2.21 bits per heavy atom. The van der Waals surface area contributed by atoms with Gasteiger partial charge in [0.1, 0.15) is 0 Å². The molecule has 0 aromatic heterocycles. The molecule has 0 nitrogen and oxygen atoms in total. The van der Waals surface area contributed by atoms with Crippen molar-refractivity contribution in [3.05, 3.63) is 0 Å². The van der Waals surface area contributed by atoms with Crippen LogP contribution < -0.4 is 0 Å². The second-order valence-electron chi connectivity index (χ2n) is 5.46. The van der Waals surface area contributed by atoms with Gasteiger partial charge in [-0.2, -0.15) is 0 Å². The third kappa shape index (κ3) is 4.33. The van der Waals surface area contributed by atoms with Gasteiger partial charge in [0.05, 0.1) is 0 Å². The number of hydrogen-bond donors (Lipinski definition) is 0. The van der Waals surface area contributed by atoms with Crippen molar-refractivity contribution >= 4 is 15.9 Å². The zero-order chi connectivity index (χ0) is 10.6. The molecule has 84 valence electrons. The van der Waals surface area contributed by atoms with E-state index in [0.29, 0.717) is 0 Å². The van der Waals surface area contributed by atoms with Crippen molar-refractivity contribution < 1.29 is 0 Å². The highest BCUT2D eigenvalue weighted by Gasteiger charge is 2.19. The van der Waals surface area contributed by atoms with Crippen molar-refractivity contribution in [2.45, 2.75) is 64.1 Å². The van der Waals surface area contributed by atoms with E-state index in [-0.39, 0.29) is 0 Å². The Labute approximate surface area is 98.0 Å². The van der Waals surface area contributed by atoms with Gasteiger partial charge in [0.2, 0.25) is 0 Å². The lowest BCUT2D eigenvalue weighted by molar-refractivity contribution is 0.270. The topological polar surface area (TPSA) is 0 Å². The third-order valence-electron chi connectivity index (χ3n) is 3.71. The van der Waals surface area contributed by atoms with Crippen LogP contribution in [0.2, 0.25) is 0 Å². The van der Waals surface area contributed by atoms with E-state index in [4.69, 9.17) is 0 Å². The highest BCUT2D eigenvalue weighted by atomic mass is 79.9. The smallest absolute Gasteiger partial charge is 0.0168 e. The van der Waals surface area contributed by atoms with Gasteiger partial charge >= 0.3 is 0 Å². The fourth-order valence-corrected chi connectivity index (χ4v) is 2.61. The molecule has 0 N–H and O–H groups in total. The minimum atomic E-state index is 0.738. The zero-order valence-corrected chi connectivity index (χ0v) is 11.5. The fourth-order valence-electron chi connectivity index (χ4n) is 2.35. The van der Waals surface area contributed by atoms with Crippen LogP contribution in [0.4, 0.5) is 0 Å². The monoisotopic (exact) mass is 260 g/mol. The van der Waals surface area contributed by atoms with Gasteiger partial charge in [-0.25, -0.2) is 0 Å². The first-order chi connectivity index (χ1) is 6.59. The second-order valence-corrected chi connectivity index (χ2v) is 6.64. The van der Waals surface area contributed by atoms with E-state index in [1.807, 2.05) is 0 Å². The summed E-state index contributed by atoms with van der Waals surface area (Å²) in [6, 6.07) is 0. The largest absolute Gasteiger partial charge is 0.0888 e. The molecule has 1 heteroatoms. The quantitative estimate of drug-likeness (QED) is 0.624. The normalized spacial score (nSPS) is 30.6. The molecular weight excluding hydrogens is 236 g/mol. The van der Waals surface area contributed by atoms with Crippen molar-refractivity contribution in [3.8, 4) is 0 Å². The summed E-state index contributed by atoms with van der Waals surface area (Å²) in [5.74, 6) is 2.82. The first-order valence-corrected chi connectivity index (χ1v) is 7.15. The van der Waals surface area contributed by atoms with Crippen molar-refractivity contribution in [2.24, 2.45) is 17.8 Å². The molecular formula is C13H25Br. The zero-order valence-electron chi connectivity index (χ0n) is 9.93. The van der Waals surface area contributed by atoms with Gasteiger partial charge in [-0.3, -0.25) is 0 Å². The lowest BCUT2D eigenvalue weighted by Gasteiger charge is -2.27. The summed E-state index contributed by atoms with van der Waals surface area (Å²) in [5, 5.41) is 0. The Balaban J connectivity index is 2.13. The van der Waals surface area contributed by atoms with E-state index in [0.717, 1.165) is 22.6 Å². The maximum atomic E-state index is 3.78. The summed E-state index contributed by atoms with van der Waals surface area (Å²) in [5.41, 5.74) is 0. The Kier molecular flexibility index (Phi) is 5.51. The van der Waals surface area contributed by atoms with Gasteiger partial charge in [0, 0.05) is 4.83 Å². The van der Waals surface area contributed by atoms with Crippen molar-refractivity contribution in [1.29, 1.82) is 0 Å². The van der Waals surface area contributed by atoms with E-state index in [2.05, 4.69) is 36.7 Å². The van der Waals surface area contributed by atoms with Crippen molar-refractivity contribution in [2.75, 3.05) is 0 Å². The molecule has 14 heavy (non-hydrogen) atoms. The van der Waals surface area contributed by atoms with E-state index in [1.165, 1.54) is 38.5 Å². The average molecular weight is 261 g/mol. The van der Waals surface area contributed by atoms with Gasteiger partial charge in [-0.1, -0.05) is 62.4 Å². The van der Waals surface area contributed by atoms with Gasteiger partial charge in [-0.15, -0.1) is 0 Å². The minimum absolute atomic E-state index is 0.738. The summed E-state index contributed by atoms with van der Waals surface area (Å²) < 4.78 is 0. The number of rotatable bonds is 4. The number of halogens is 1. The molecule has 0 bridgehead atoms. The van der Waals surface area contributed by atoms with Crippen LogP contribution in [0.15, 0.2) is 0 Å². The Morgan fingerprint density at radius 1 is 1.14 bits per heavy atom. The molecule has 1 aliphatic carbocycles. The van der Waals surface area contributed by atoms with Crippen LogP contribution in [0, 0.1) is 17.8 Å². The molecule has 0 heterocycles. The highest BCUT2D eigenvalue weighted by Crippen LogP contribution is 2.32. The lowest BCUT2D eigenvalue weighted by atomic mass is 9.80. The molecule has 0 saturated heterocycles. The SMILES string of the molecule is CC1CCC(CCC(Br)C(C)C)CC1. The second kappa shape index (κ2) is 6.15. The van der Waals surface area contributed by atoms with Gasteiger partial charge in [-0.05, 0) is 30.6 Å². The first kappa shape index (κ1) is 12.5. The Hall–Kier alpha value is 0.480. The molecule has 0 aromatic carbocycles. The summed E-state index contributed by atoms with van der Waals surface area (Å²) in [6.07, 6.45) is 8.73. The molecule has 0 spiro atoms. The van der Waals surface area contributed by atoms with E-state index < -0.39 is 0 Å². The molecule has 0 amide bonds. The highest BCUT2D eigenvalue weighted by molar-refractivity contribution is 9.09. The molecule has 1 atom stereocenters. The van der Waals surface area contributed by atoms with Crippen molar-refractivity contribution in [1.82, 2.24) is 0 Å². The number of hydrogen-bond acceptors (Lipinski definition) is 0. The predicted molar refractivity (Wildman–Crippen MR) is 67.9 cm³/mol. The maximum absolute atomic E-state index is 3.78. The van der Waals surface area contributed by atoms with Gasteiger partial charge in [0.15, 0.2) is 0 Å². The average Bonchev–Trinajstić information content (AvgIpc) is 2.16. The van der Waals surface area contributed by atoms with E-state index in [1.54, 1.807) is 0 Å². The van der Waals surface area contributed by atoms with Crippen LogP contribution in [-0.4, -0.2) is 4.83 Å². The summed E-state index contributed by atoms with van der Waals surface area (Å²) >= 11 is 3.78. The van der Waals surface area contributed by atoms with Crippen LogP contribution >= 0.6 is 15.9 Å². The molecule has 1 fully saturated rings. The van der Waals surface area contributed by atoms with E-state index in [9.17, 15) is 0 Å². The summed E-state index contributed by atoms with van der Waals surface area (Å²) in [7, 11) is 0. The molecule has 1 aliphatic rings. The maximum Gasteiger partial charge on any atom is 0.0168 e. The lowest BCUT2D eigenvalue weighted by Crippen LogP contribution is -2.15. The van der Waals surface area contributed by atoms with Crippen LogP contribution in [0.3, 0.4) is 0 Å². The van der Waals surface area contributed by atoms with Crippen molar-refractivity contribution in [3.63, 3.8) is 0 Å².